The minimum atomic E-state index is -0.922. The number of carbonyl (C=O) groups is 4. The molecule has 4 rings (SSSR count). The van der Waals surface area contributed by atoms with Gasteiger partial charge in [-0.25, -0.2) is 27.2 Å². The molecule has 12 heteroatoms. The van der Waals surface area contributed by atoms with E-state index in [1.165, 1.54) is 10.1 Å². The summed E-state index contributed by atoms with van der Waals surface area (Å²) in [7, 11) is 0. The second-order valence-corrected chi connectivity index (χ2v) is 9.54. The van der Waals surface area contributed by atoms with Gasteiger partial charge in [0, 0.05) is 62.3 Å². The summed E-state index contributed by atoms with van der Waals surface area (Å²) in [4.78, 5) is 59.6. The number of rotatable bonds is 8. The average molecular weight is 563 g/mol. The van der Waals surface area contributed by atoms with Crippen molar-refractivity contribution in [1.82, 2.24) is 10.1 Å². The highest BCUT2D eigenvalue weighted by Gasteiger charge is 2.30. The fourth-order valence-corrected chi connectivity index (χ4v) is 4.69. The molecule has 2 heterocycles. The first-order chi connectivity index (χ1) is 19.1. The van der Waals surface area contributed by atoms with E-state index in [4.69, 9.17) is 9.68 Å². The molecular formula is C28H26F4N2O6. The largest absolute Gasteiger partial charge is 0.364 e. The van der Waals surface area contributed by atoms with E-state index in [2.05, 4.69) is 0 Å². The Morgan fingerprint density at radius 1 is 0.625 bits per heavy atom. The van der Waals surface area contributed by atoms with Gasteiger partial charge in [0.25, 0.3) is 0 Å². The van der Waals surface area contributed by atoms with Gasteiger partial charge >= 0.3 is 11.9 Å². The highest BCUT2D eigenvalue weighted by molar-refractivity contribution is 5.98. The lowest BCUT2D eigenvalue weighted by Gasteiger charge is -2.29. The molecule has 0 aliphatic carbocycles. The number of hydroxylamine groups is 4. The molecule has 2 aliphatic rings. The van der Waals surface area contributed by atoms with Crippen LogP contribution in [0.1, 0.15) is 46.4 Å². The second-order valence-electron chi connectivity index (χ2n) is 9.54. The highest BCUT2D eigenvalue weighted by Crippen LogP contribution is 2.25. The standard InChI is InChI=1S/C28H26F4N2O6/c29-19-1-3-21(23(31)15-19)27(37)17-7-11-33(12-8-17)39-25(35)5-6-26(36)40-34-13-9-18(10-14-34)28(38)22-4-2-20(30)16-24(22)32/h1-6,15-18H,7-14H2/b6-5+. The molecule has 0 saturated carbocycles. The van der Waals surface area contributed by atoms with Crippen molar-refractivity contribution in [3.05, 3.63) is 82.9 Å². The number of piperidine rings is 2. The van der Waals surface area contributed by atoms with Crippen molar-refractivity contribution in [3.63, 3.8) is 0 Å². The summed E-state index contributed by atoms with van der Waals surface area (Å²) < 4.78 is 54.0. The number of benzene rings is 2. The summed E-state index contributed by atoms with van der Waals surface area (Å²) in [5.41, 5.74) is -0.369. The molecule has 2 saturated heterocycles. The fourth-order valence-electron chi connectivity index (χ4n) is 4.69. The minimum absolute atomic E-state index is 0.184. The van der Waals surface area contributed by atoms with E-state index in [1.807, 2.05) is 0 Å². The van der Waals surface area contributed by atoms with E-state index in [-0.39, 0.29) is 37.3 Å². The van der Waals surface area contributed by atoms with E-state index in [0.29, 0.717) is 37.8 Å². The van der Waals surface area contributed by atoms with Crippen molar-refractivity contribution < 1.29 is 46.4 Å². The molecule has 0 aromatic heterocycles. The quantitative estimate of drug-likeness (QED) is 0.269. The molecule has 0 bridgehead atoms. The van der Waals surface area contributed by atoms with Gasteiger partial charge in [0.05, 0.1) is 11.1 Å². The Morgan fingerprint density at radius 3 is 1.30 bits per heavy atom. The number of carbonyl (C=O) groups excluding carboxylic acids is 4. The van der Waals surface area contributed by atoms with Crippen molar-refractivity contribution in [2.45, 2.75) is 25.7 Å². The first kappa shape index (κ1) is 29.1. The van der Waals surface area contributed by atoms with Crippen LogP contribution in [0.2, 0.25) is 0 Å². The van der Waals surface area contributed by atoms with E-state index in [9.17, 15) is 36.7 Å². The van der Waals surface area contributed by atoms with Gasteiger partial charge in [-0.3, -0.25) is 9.59 Å². The van der Waals surface area contributed by atoms with Gasteiger partial charge in [-0.1, -0.05) is 0 Å². The maximum absolute atomic E-state index is 13.9. The van der Waals surface area contributed by atoms with Crippen LogP contribution in [0.4, 0.5) is 17.6 Å². The van der Waals surface area contributed by atoms with Crippen LogP contribution in [0.5, 0.6) is 0 Å². The van der Waals surface area contributed by atoms with E-state index < -0.39 is 58.6 Å². The third-order valence-electron chi connectivity index (χ3n) is 6.84. The zero-order chi connectivity index (χ0) is 28.8. The van der Waals surface area contributed by atoms with Crippen LogP contribution in [-0.4, -0.2) is 59.8 Å². The molecule has 2 aromatic rings. The van der Waals surface area contributed by atoms with Crippen molar-refractivity contribution in [3.8, 4) is 0 Å². The molecule has 2 aromatic carbocycles. The lowest BCUT2D eigenvalue weighted by Crippen LogP contribution is -2.38. The van der Waals surface area contributed by atoms with Gasteiger partial charge in [-0.05, 0) is 49.9 Å². The summed E-state index contributed by atoms with van der Waals surface area (Å²) in [6.45, 7) is 0.828. The number of ketones is 2. The van der Waals surface area contributed by atoms with Gasteiger partial charge in [-0.15, -0.1) is 10.1 Å². The summed E-state index contributed by atoms with van der Waals surface area (Å²) >= 11 is 0. The maximum atomic E-state index is 13.9. The summed E-state index contributed by atoms with van der Waals surface area (Å²) in [6, 6.07) is 5.57. The Labute approximate surface area is 227 Å². The van der Waals surface area contributed by atoms with Gasteiger partial charge in [0.2, 0.25) is 0 Å². The third-order valence-corrected chi connectivity index (χ3v) is 6.84. The monoisotopic (exact) mass is 562 g/mol. The zero-order valence-corrected chi connectivity index (χ0v) is 21.3. The Morgan fingerprint density at radius 2 is 0.975 bits per heavy atom. The number of Topliss-reactive ketones (excluding diaryl/α,β-unsaturated/α-hetero) is 2. The normalized spacial score (nSPS) is 17.6. The Kier molecular flexibility index (Phi) is 9.43. The Balaban J connectivity index is 1.17. The molecule has 8 nitrogen and oxygen atoms in total. The predicted octanol–water partition coefficient (Wildman–Crippen LogP) is 4.21. The smallest absolute Gasteiger partial charge is 0.349 e. The average Bonchev–Trinajstić information content (AvgIpc) is 2.92. The van der Waals surface area contributed by atoms with E-state index in [1.54, 1.807) is 0 Å². The summed E-state index contributed by atoms with van der Waals surface area (Å²) in [6.07, 6.45) is 2.95. The highest BCUT2D eigenvalue weighted by atomic mass is 19.1. The predicted molar refractivity (Wildman–Crippen MR) is 131 cm³/mol. The van der Waals surface area contributed by atoms with Gasteiger partial charge < -0.3 is 9.68 Å². The molecule has 0 amide bonds. The first-order valence-electron chi connectivity index (χ1n) is 12.7. The van der Waals surface area contributed by atoms with Crippen LogP contribution >= 0.6 is 0 Å². The molecule has 0 spiro atoms. The van der Waals surface area contributed by atoms with Crippen LogP contribution < -0.4 is 0 Å². The van der Waals surface area contributed by atoms with Crippen molar-refractivity contribution in [2.75, 3.05) is 26.2 Å². The van der Waals surface area contributed by atoms with Crippen LogP contribution in [0, 0.1) is 35.1 Å². The minimum Gasteiger partial charge on any atom is -0.364 e. The molecule has 2 aliphatic heterocycles. The van der Waals surface area contributed by atoms with Gasteiger partial charge in [-0.2, -0.15) is 0 Å². The van der Waals surface area contributed by atoms with Crippen LogP contribution in [-0.2, 0) is 19.3 Å². The molecule has 0 N–H and O–H groups in total. The van der Waals surface area contributed by atoms with E-state index in [0.717, 1.165) is 36.4 Å². The topological polar surface area (TPSA) is 93.2 Å². The number of hydrogen-bond donors (Lipinski definition) is 0. The fraction of sp³-hybridized carbons (Fsp3) is 0.357. The van der Waals surface area contributed by atoms with Crippen molar-refractivity contribution in [2.24, 2.45) is 11.8 Å². The van der Waals surface area contributed by atoms with E-state index >= 15 is 0 Å². The molecule has 212 valence electrons. The van der Waals surface area contributed by atoms with Gasteiger partial charge in [0.1, 0.15) is 23.3 Å². The Bertz CT molecular complexity index is 1220. The number of nitrogens with zero attached hydrogens (tertiary/aromatic N) is 2. The first-order valence-corrected chi connectivity index (χ1v) is 12.7. The molecule has 0 radical (unpaired) electrons. The SMILES string of the molecule is O=C(/C=C/C(=O)ON1CCC(C(=O)c2ccc(F)cc2F)CC1)ON1CCC(C(=O)c2ccc(F)cc2F)CC1. The summed E-state index contributed by atoms with van der Waals surface area (Å²) in [5, 5.41) is 2.66. The van der Waals surface area contributed by atoms with Crippen LogP contribution in [0.25, 0.3) is 0 Å². The van der Waals surface area contributed by atoms with Crippen LogP contribution in [0.15, 0.2) is 48.6 Å². The maximum Gasteiger partial charge on any atom is 0.349 e. The van der Waals surface area contributed by atoms with Gasteiger partial charge in [0.15, 0.2) is 11.6 Å². The van der Waals surface area contributed by atoms with Crippen LogP contribution in [0.3, 0.4) is 0 Å². The molecular weight excluding hydrogens is 536 g/mol. The molecule has 2 fully saturated rings. The summed E-state index contributed by atoms with van der Waals surface area (Å²) in [5.74, 6) is -6.96. The molecule has 40 heavy (non-hydrogen) atoms. The Hall–Kier alpha value is -3.90. The molecule has 0 atom stereocenters. The zero-order valence-electron chi connectivity index (χ0n) is 21.3. The molecule has 0 unspecified atom stereocenters. The number of halogens is 4. The second kappa shape index (κ2) is 13.0. The third kappa shape index (κ3) is 7.39. The lowest BCUT2D eigenvalue weighted by molar-refractivity contribution is -0.192. The number of hydrogen-bond acceptors (Lipinski definition) is 8. The lowest BCUT2D eigenvalue weighted by atomic mass is 9.89. The van der Waals surface area contributed by atoms with Crippen molar-refractivity contribution in [1.29, 1.82) is 0 Å². The van der Waals surface area contributed by atoms with Crippen molar-refractivity contribution >= 4 is 23.5 Å².